The molecule has 2 aromatic rings. The molecule has 142 valence electrons. The second kappa shape index (κ2) is 8.26. The van der Waals surface area contributed by atoms with E-state index in [9.17, 15) is 4.79 Å². The fourth-order valence-corrected chi connectivity index (χ4v) is 4.40. The number of nitrogens with one attached hydrogen (secondary N) is 1. The van der Waals surface area contributed by atoms with Crippen molar-refractivity contribution in [2.24, 2.45) is 5.92 Å². The van der Waals surface area contributed by atoms with Gasteiger partial charge in [0.15, 0.2) is 0 Å². The van der Waals surface area contributed by atoms with Gasteiger partial charge in [-0.25, -0.2) is 0 Å². The third kappa shape index (κ3) is 4.41. The minimum atomic E-state index is -0.104. The molecular formula is C20H24N4O2S. The smallest absolute Gasteiger partial charge is 0.223 e. The van der Waals surface area contributed by atoms with Crippen molar-refractivity contribution in [2.75, 3.05) is 13.2 Å². The molecule has 4 rings (SSSR count). The lowest BCUT2D eigenvalue weighted by atomic mass is 9.85. The summed E-state index contributed by atoms with van der Waals surface area (Å²) in [6.45, 7) is 4.00. The van der Waals surface area contributed by atoms with E-state index >= 15 is 0 Å². The van der Waals surface area contributed by atoms with E-state index in [4.69, 9.17) is 5.11 Å². The number of fused-ring (bicyclic) bond motifs is 1. The average Bonchev–Trinajstić information content (AvgIpc) is 3.22. The van der Waals surface area contributed by atoms with Gasteiger partial charge in [-0.3, -0.25) is 14.4 Å². The predicted molar refractivity (Wildman–Crippen MR) is 104 cm³/mol. The lowest BCUT2D eigenvalue weighted by Gasteiger charge is -2.26. The highest BCUT2D eigenvalue weighted by molar-refractivity contribution is 7.12. The maximum Gasteiger partial charge on any atom is 0.223 e. The number of rotatable bonds is 5. The molecule has 0 saturated heterocycles. The molecule has 1 amide bonds. The Morgan fingerprint density at radius 3 is 3.04 bits per heavy atom. The van der Waals surface area contributed by atoms with Gasteiger partial charge in [0.1, 0.15) is 6.61 Å². The highest BCUT2D eigenvalue weighted by Gasteiger charge is 2.25. The summed E-state index contributed by atoms with van der Waals surface area (Å²) in [5.74, 6) is 6.04. The number of hydrogen-bond donors (Lipinski definition) is 2. The summed E-state index contributed by atoms with van der Waals surface area (Å²) in [4.78, 5) is 16.7. The van der Waals surface area contributed by atoms with Crippen LogP contribution < -0.4 is 5.32 Å². The number of aliphatic hydroxyl groups excluding tert-OH is 1. The van der Waals surface area contributed by atoms with Gasteiger partial charge in [-0.1, -0.05) is 18.3 Å². The minimum Gasteiger partial charge on any atom is -0.384 e. The first-order chi connectivity index (χ1) is 13.2. The second-order valence-corrected chi connectivity index (χ2v) is 8.30. The van der Waals surface area contributed by atoms with Crippen molar-refractivity contribution < 1.29 is 9.90 Å². The second-order valence-electron chi connectivity index (χ2n) is 7.13. The lowest BCUT2D eigenvalue weighted by molar-refractivity contribution is -0.127. The molecule has 27 heavy (non-hydrogen) atoms. The summed E-state index contributed by atoms with van der Waals surface area (Å²) in [7, 11) is 0. The summed E-state index contributed by atoms with van der Waals surface area (Å²) >= 11 is 1.68. The molecule has 1 saturated carbocycles. The number of hydrogen-bond acceptors (Lipinski definition) is 5. The SMILES string of the molecule is O=C(NCc1cc2n(n1)CCN(Cc1ccc(C#CCO)s1)C2)C1CCC1. The van der Waals surface area contributed by atoms with Gasteiger partial charge < -0.3 is 10.4 Å². The van der Waals surface area contributed by atoms with Crippen LogP contribution in [0.15, 0.2) is 18.2 Å². The highest BCUT2D eigenvalue weighted by Crippen LogP contribution is 2.26. The fourth-order valence-electron chi connectivity index (χ4n) is 3.47. The largest absolute Gasteiger partial charge is 0.384 e. The van der Waals surface area contributed by atoms with Crippen LogP contribution in [0.4, 0.5) is 0 Å². The number of carbonyl (C=O) groups is 1. The zero-order valence-corrected chi connectivity index (χ0v) is 16.1. The molecule has 0 radical (unpaired) electrons. The van der Waals surface area contributed by atoms with Gasteiger partial charge in [-0.05, 0) is 31.0 Å². The van der Waals surface area contributed by atoms with E-state index in [0.29, 0.717) is 6.54 Å². The van der Waals surface area contributed by atoms with Crippen molar-refractivity contribution in [2.45, 2.75) is 45.4 Å². The topological polar surface area (TPSA) is 70.4 Å². The van der Waals surface area contributed by atoms with Crippen LogP contribution in [-0.2, 0) is 31.0 Å². The molecule has 0 unspecified atom stereocenters. The lowest BCUT2D eigenvalue weighted by Crippen LogP contribution is -2.34. The van der Waals surface area contributed by atoms with Crippen LogP contribution in [-0.4, -0.2) is 38.8 Å². The van der Waals surface area contributed by atoms with Gasteiger partial charge in [0.25, 0.3) is 0 Å². The number of nitrogens with zero attached hydrogens (tertiary/aromatic N) is 3. The highest BCUT2D eigenvalue weighted by atomic mass is 32.1. The van der Waals surface area contributed by atoms with Crippen molar-refractivity contribution >= 4 is 17.2 Å². The van der Waals surface area contributed by atoms with Crippen molar-refractivity contribution in [1.82, 2.24) is 20.0 Å². The summed E-state index contributed by atoms with van der Waals surface area (Å²) in [6.07, 6.45) is 3.22. The molecule has 2 aliphatic rings. The van der Waals surface area contributed by atoms with Crippen molar-refractivity contribution in [3.8, 4) is 11.8 Å². The Kier molecular flexibility index (Phi) is 5.58. The molecule has 0 aromatic carbocycles. The van der Waals surface area contributed by atoms with Crippen LogP contribution in [0.1, 0.15) is 40.4 Å². The van der Waals surface area contributed by atoms with E-state index in [1.807, 2.05) is 6.07 Å². The van der Waals surface area contributed by atoms with Gasteiger partial charge in [0, 0.05) is 30.4 Å². The zero-order chi connectivity index (χ0) is 18.6. The van der Waals surface area contributed by atoms with Crippen LogP contribution >= 0.6 is 11.3 Å². The van der Waals surface area contributed by atoms with E-state index in [2.05, 4.69) is 44.0 Å². The Labute approximate surface area is 163 Å². The Morgan fingerprint density at radius 1 is 1.37 bits per heavy atom. The van der Waals surface area contributed by atoms with Crippen LogP contribution in [0.3, 0.4) is 0 Å². The molecule has 2 N–H and O–H groups in total. The van der Waals surface area contributed by atoms with E-state index in [1.165, 1.54) is 17.0 Å². The van der Waals surface area contributed by atoms with Gasteiger partial charge in [0.05, 0.1) is 29.4 Å². The standard InChI is InChI=1S/C20H24N4O2S/c25-10-2-5-18-6-7-19(27-18)14-23-8-9-24-17(13-23)11-16(22-24)12-21-20(26)15-3-1-4-15/h6-7,11,15,25H,1,3-4,8-10,12-14H2,(H,21,26). The fraction of sp³-hybridized carbons (Fsp3) is 0.500. The normalized spacial score (nSPS) is 16.9. The van der Waals surface area contributed by atoms with Crippen LogP contribution in [0.5, 0.6) is 0 Å². The first-order valence-corrected chi connectivity index (χ1v) is 10.3. The van der Waals surface area contributed by atoms with Gasteiger partial charge >= 0.3 is 0 Å². The zero-order valence-electron chi connectivity index (χ0n) is 15.3. The van der Waals surface area contributed by atoms with E-state index in [-0.39, 0.29) is 18.4 Å². The molecule has 6 nitrogen and oxygen atoms in total. The van der Waals surface area contributed by atoms with Gasteiger partial charge in [-0.2, -0.15) is 5.10 Å². The third-order valence-electron chi connectivity index (χ3n) is 5.18. The summed E-state index contributed by atoms with van der Waals surface area (Å²) < 4.78 is 2.06. The first kappa shape index (κ1) is 18.2. The molecule has 1 aliphatic carbocycles. The van der Waals surface area contributed by atoms with E-state index < -0.39 is 0 Å². The van der Waals surface area contributed by atoms with Crippen LogP contribution in [0, 0.1) is 17.8 Å². The maximum atomic E-state index is 12.0. The predicted octanol–water partition coefficient (Wildman–Crippen LogP) is 1.72. The van der Waals surface area contributed by atoms with Gasteiger partial charge in [-0.15, -0.1) is 11.3 Å². The van der Waals surface area contributed by atoms with E-state index in [1.54, 1.807) is 11.3 Å². The average molecular weight is 385 g/mol. The van der Waals surface area contributed by atoms with Crippen LogP contribution in [0.25, 0.3) is 0 Å². The number of aromatic nitrogens is 2. The number of amides is 1. The monoisotopic (exact) mass is 384 g/mol. The Morgan fingerprint density at radius 2 is 2.26 bits per heavy atom. The quantitative estimate of drug-likeness (QED) is 0.770. The third-order valence-corrected chi connectivity index (χ3v) is 6.16. The molecule has 1 fully saturated rings. The molecule has 2 aromatic heterocycles. The number of aliphatic hydroxyl groups is 1. The first-order valence-electron chi connectivity index (χ1n) is 9.45. The van der Waals surface area contributed by atoms with Crippen molar-refractivity contribution in [3.63, 3.8) is 0 Å². The van der Waals surface area contributed by atoms with Crippen molar-refractivity contribution in [3.05, 3.63) is 39.3 Å². The summed E-state index contributed by atoms with van der Waals surface area (Å²) in [5, 5.41) is 16.5. The Bertz CT molecular complexity index is 872. The molecule has 1 aliphatic heterocycles. The number of carbonyl (C=O) groups excluding carboxylic acids is 1. The molecule has 0 spiro atoms. The Balaban J connectivity index is 1.32. The molecule has 0 bridgehead atoms. The molecule has 7 heteroatoms. The molecule has 3 heterocycles. The Hall–Kier alpha value is -2.14. The van der Waals surface area contributed by atoms with E-state index in [0.717, 1.165) is 49.6 Å². The number of thiophene rings is 1. The van der Waals surface area contributed by atoms with Crippen LogP contribution in [0.2, 0.25) is 0 Å². The van der Waals surface area contributed by atoms with Crippen molar-refractivity contribution in [1.29, 1.82) is 0 Å². The summed E-state index contributed by atoms with van der Waals surface area (Å²) in [5.41, 5.74) is 2.14. The molecular weight excluding hydrogens is 360 g/mol. The molecule has 0 atom stereocenters. The maximum absolute atomic E-state index is 12.0. The van der Waals surface area contributed by atoms with Gasteiger partial charge in [0.2, 0.25) is 5.91 Å². The minimum absolute atomic E-state index is 0.104. The summed E-state index contributed by atoms with van der Waals surface area (Å²) in [6, 6.07) is 6.24.